The number of benzene rings is 2. The standard InChI is InChI=1S/C24H35N3O2/c1-20(28)27-23-19-22(11-12-24(23)29)14-18-26-16-8-3-2-7-15-25-17-13-21-9-5-4-6-10-21/h4-6,9-12,19,25-26,29H,2-3,7-8,13-18H2,1H3,(H,27,28). The predicted molar refractivity (Wildman–Crippen MR) is 120 cm³/mol. The fourth-order valence-corrected chi connectivity index (χ4v) is 3.24. The van der Waals surface area contributed by atoms with Crippen LogP contribution in [0.3, 0.4) is 0 Å². The molecular formula is C24H35N3O2. The smallest absolute Gasteiger partial charge is 0.221 e. The number of carbonyl (C=O) groups is 1. The minimum absolute atomic E-state index is 0.103. The Morgan fingerprint density at radius 3 is 2.03 bits per heavy atom. The molecule has 4 N–H and O–H groups in total. The maximum atomic E-state index is 11.2. The second-order valence-electron chi connectivity index (χ2n) is 7.43. The van der Waals surface area contributed by atoms with Crippen LogP contribution in [0.2, 0.25) is 0 Å². The van der Waals surface area contributed by atoms with Crippen LogP contribution in [0.15, 0.2) is 48.5 Å². The van der Waals surface area contributed by atoms with E-state index < -0.39 is 0 Å². The van der Waals surface area contributed by atoms with Gasteiger partial charge in [0.05, 0.1) is 5.69 Å². The van der Waals surface area contributed by atoms with Crippen molar-refractivity contribution in [2.45, 2.75) is 45.4 Å². The molecule has 0 aliphatic carbocycles. The lowest BCUT2D eigenvalue weighted by molar-refractivity contribution is -0.114. The van der Waals surface area contributed by atoms with Gasteiger partial charge in [0, 0.05) is 6.92 Å². The molecule has 0 aliphatic rings. The van der Waals surface area contributed by atoms with E-state index in [1.165, 1.54) is 38.2 Å². The SMILES string of the molecule is CC(=O)Nc1cc(CCNCCCCCCNCCc2ccccc2)ccc1O. The molecule has 1 amide bonds. The van der Waals surface area contributed by atoms with Crippen molar-refractivity contribution in [3.63, 3.8) is 0 Å². The van der Waals surface area contributed by atoms with Gasteiger partial charge < -0.3 is 21.1 Å². The summed E-state index contributed by atoms with van der Waals surface area (Å²) in [5, 5.41) is 19.4. The molecule has 0 aromatic heterocycles. The number of carbonyl (C=O) groups excluding carboxylic acids is 1. The van der Waals surface area contributed by atoms with Crippen LogP contribution < -0.4 is 16.0 Å². The number of unbranched alkanes of at least 4 members (excludes halogenated alkanes) is 3. The molecule has 0 aliphatic heterocycles. The summed E-state index contributed by atoms with van der Waals surface area (Å²) in [6, 6.07) is 16.0. The first-order valence-electron chi connectivity index (χ1n) is 10.7. The van der Waals surface area contributed by atoms with Crippen molar-refractivity contribution in [3.05, 3.63) is 59.7 Å². The Bertz CT molecular complexity index is 719. The van der Waals surface area contributed by atoms with Crippen molar-refractivity contribution in [2.75, 3.05) is 31.5 Å². The third kappa shape index (κ3) is 10.1. The molecule has 2 aromatic carbocycles. The van der Waals surface area contributed by atoms with E-state index in [0.717, 1.165) is 44.6 Å². The highest BCUT2D eigenvalue weighted by Gasteiger charge is 2.04. The van der Waals surface area contributed by atoms with Crippen LogP contribution in [0.1, 0.15) is 43.7 Å². The van der Waals surface area contributed by atoms with Crippen LogP contribution in [0.4, 0.5) is 5.69 Å². The van der Waals surface area contributed by atoms with Crippen LogP contribution >= 0.6 is 0 Å². The fraction of sp³-hybridized carbons (Fsp3) is 0.458. The Kier molecular flexibility index (Phi) is 10.9. The predicted octanol–water partition coefficient (Wildman–Crippen LogP) is 3.88. The number of aromatic hydroxyl groups is 1. The second-order valence-corrected chi connectivity index (χ2v) is 7.43. The van der Waals surface area contributed by atoms with Gasteiger partial charge in [0.15, 0.2) is 0 Å². The second kappa shape index (κ2) is 13.7. The van der Waals surface area contributed by atoms with Crippen LogP contribution in [-0.2, 0) is 17.6 Å². The van der Waals surface area contributed by atoms with Gasteiger partial charge >= 0.3 is 0 Å². The summed E-state index contributed by atoms with van der Waals surface area (Å²) in [7, 11) is 0. The number of hydrogen-bond acceptors (Lipinski definition) is 4. The van der Waals surface area contributed by atoms with E-state index in [2.05, 4.69) is 46.3 Å². The van der Waals surface area contributed by atoms with Gasteiger partial charge in [-0.2, -0.15) is 0 Å². The maximum absolute atomic E-state index is 11.2. The summed E-state index contributed by atoms with van der Waals surface area (Å²) in [5.41, 5.74) is 2.97. The summed E-state index contributed by atoms with van der Waals surface area (Å²) in [6.07, 6.45) is 6.90. The summed E-state index contributed by atoms with van der Waals surface area (Å²) < 4.78 is 0. The molecule has 0 spiro atoms. The van der Waals surface area contributed by atoms with Crippen molar-refractivity contribution >= 4 is 11.6 Å². The first kappa shape index (κ1) is 22.9. The summed E-state index contributed by atoms with van der Waals surface area (Å²) in [6.45, 7) is 5.50. The molecule has 0 heterocycles. The van der Waals surface area contributed by atoms with Crippen LogP contribution in [0.5, 0.6) is 5.75 Å². The van der Waals surface area contributed by atoms with E-state index in [9.17, 15) is 9.90 Å². The number of hydrogen-bond donors (Lipinski definition) is 4. The summed E-state index contributed by atoms with van der Waals surface area (Å²) in [5.74, 6) is -0.0755. The molecule has 2 rings (SSSR count). The first-order valence-corrected chi connectivity index (χ1v) is 10.7. The maximum Gasteiger partial charge on any atom is 0.221 e. The minimum Gasteiger partial charge on any atom is -0.506 e. The third-order valence-corrected chi connectivity index (χ3v) is 4.85. The molecule has 5 heteroatoms. The van der Waals surface area contributed by atoms with Crippen molar-refractivity contribution in [1.82, 2.24) is 10.6 Å². The largest absolute Gasteiger partial charge is 0.506 e. The first-order chi connectivity index (χ1) is 14.1. The monoisotopic (exact) mass is 397 g/mol. The van der Waals surface area contributed by atoms with Gasteiger partial charge in [0.1, 0.15) is 5.75 Å². The average molecular weight is 398 g/mol. The molecule has 0 atom stereocenters. The molecule has 158 valence electrons. The lowest BCUT2D eigenvalue weighted by Gasteiger charge is -2.09. The average Bonchev–Trinajstić information content (AvgIpc) is 2.71. The number of phenolic OH excluding ortho intramolecular Hbond substituents is 1. The van der Waals surface area contributed by atoms with Gasteiger partial charge in [0.25, 0.3) is 0 Å². The van der Waals surface area contributed by atoms with Gasteiger partial charge in [-0.3, -0.25) is 4.79 Å². The number of phenols is 1. The van der Waals surface area contributed by atoms with Gasteiger partial charge in [-0.25, -0.2) is 0 Å². The lowest BCUT2D eigenvalue weighted by atomic mass is 10.1. The normalized spacial score (nSPS) is 10.8. The van der Waals surface area contributed by atoms with Crippen LogP contribution in [0.25, 0.3) is 0 Å². The third-order valence-electron chi connectivity index (χ3n) is 4.85. The summed E-state index contributed by atoms with van der Waals surface area (Å²) in [4.78, 5) is 11.2. The van der Waals surface area contributed by atoms with Crippen molar-refractivity contribution in [3.8, 4) is 5.75 Å². The number of rotatable bonds is 14. The molecule has 0 fully saturated rings. The fourth-order valence-electron chi connectivity index (χ4n) is 3.24. The zero-order valence-corrected chi connectivity index (χ0v) is 17.5. The molecular weight excluding hydrogens is 362 g/mol. The van der Waals surface area contributed by atoms with Crippen molar-refractivity contribution in [1.29, 1.82) is 0 Å². The van der Waals surface area contributed by atoms with E-state index in [4.69, 9.17) is 0 Å². The molecule has 0 saturated heterocycles. The highest BCUT2D eigenvalue weighted by atomic mass is 16.3. The van der Waals surface area contributed by atoms with Crippen molar-refractivity contribution < 1.29 is 9.90 Å². The molecule has 0 saturated carbocycles. The van der Waals surface area contributed by atoms with Crippen LogP contribution in [-0.4, -0.2) is 37.2 Å². The highest BCUT2D eigenvalue weighted by molar-refractivity contribution is 5.90. The zero-order chi connectivity index (χ0) is 20.7. The minimum atomic E-state index is -0.179. The molecule has 0 radical (unpaired) electrons. The van der Waals surface area contributed by atoms with Gasteiger partial charge in [-0.15, -0.1) is 0 Å². The molecule has 0 unspecified atom stereocenters. The molecule has 2 aromatic rings. The van der Waals surface area contributed by atoms with E-state index in [-0.39, 0.29) is 11.7 Å². The Morgan fingerprint density at radius 1 is 0.793 bits per heavy atom. The zero-order valence-electron chi connectivity index (χ0n) is 17.5. The van der Waals surface area contributed by atoms with Gasteiger partial charge in [0.2, 0.25) is 5.91 Å². The van der Waals surface area contributed by atoms with Gasteiger partial charge in [-0.05, 0) is 75.1 Å². The van der Waals surface area contributed by atoms with E-state index in [1.54, 1.807) is 6.07 Å². The summed E-state index contributed by atoms with van der Waals surface area (Å²) >= 11 is 0. The van der Waals surface area contributed by atoms with Crippen LogP contribution in [0, 0.1) is 0 Å². The van der Waals surface area contributed by atoms with E-state index in [1.807, 2.05) is 12.1 Å². The molecule has 29 heavy (non-hydrogen) atoms. The van der Waals surface area contributed by atoms with Crippen molar-refractivity contribution in [2.24, 2.45) is 0 Å². The lowest BCUT2D eigenvalue weighted by Crippen LogP contribution is -2.19. The molecule has 0 bridgehead atoms. The van der Waals surface area contributed by atoms with E-state index >= 15 is 0 Å². The van der Waals surface area contributed by atoms with Gasteiger partial charge in [-0.1, -0.05) is 49.2 Å². The number of nitrogens with one attached hydrogen (secondary N) is 3. The Morgan fingerprint density at radius 2 is 1.41 bits per heavy atom. The molecule has 5 nitrogen and oxygen atoms in total. The highest BCUT2D eigenvalue weighted by Crippen LogP contribution is 2.24. The number of anilines is 1. The topological polar surface area (TPSA) is 73.4 Å². The number of amides is 1. The Labute approximate surface area is 174 Å². The quantitative estimate of drug-likeness (QED) is 0.288. The Balaban J connectivity index is 1.43. The van der Waals surface area contributed by atoms with E-state index in [0.29, 0.717) is 5.69 Å². The Hall–Kier alpha value is -2.37.